The largest absolute Gasteiger partial charge is 0.426 e. The Hall–Kier alpha value is -2.92. The highest BCUT2D eigenvalue weighted by Gasteiger charge is 2.31. The highest BCUT2D eigenvalue weighted by molar-refractivity contribution is 7.33. The molecule has 3 rings (SSSR count). The second-order valence-corrected chi connectivity index (χ2v) is 7.02. The predicted molar refractivity (Wildman–Crippen MR) is 103 cm³/mol. The Kier molecular flexibility index (Phi) is 6.26. The number of hydrogen-bond acceptors (Lipinski definition) is 8. The number of methoxy groups -OCH3 is 1. The highest BCUT2D eigenvalue weighted by Crippen LogP contribution is 2.30. The molecule has 1 aromatic carbocycles. The Bertz CT molecular complexity index is 1000. The average molecular weight is 401 g/mol. The molecule has 0 radical (unpaired) electrons. The number of hydrogen-bond donors (Lipinski definition) is 1. The molecule has 2 unspecified atom stereocenters. The number of nitrogens with zero attached hydrogens (tertiary/aromatic N) is 4. The van der Waals surface area contributed by atoms with Gasteiger partial charge in [0.1, 0.15) is 23.7 Å². The van der Waals surface area contributed by atoms with Crippen molar-refractivity contribution in [1.82, 2.24) is 14.6 Å². The fourth-order valence-electron chi connectivity index (χ4n) is 2.68. The van der Waals surface area contributed by atoms with Crippen LogP contribution in [0.2, 0.25) is 0 Å². The van der Waals surface area contributed by atoms with Gasteiger partial charge >= 0.3 is 8.25 Å². The third-order valence-electron chi connectivity index (χ3n) is 4.31. The van der Waals surface area contributed by atoms with Crippen LogP contribution in [0.1, 0.15) is 12.1 Å². The number of benzene rings is 1. The first-order chi connectivity index (χ1) is 13.6. The van der Waals surface area contributed by atoms with Gasteiger partial charge in [-0.25, -0.2) is 14.1 Å². The number of para-hydroxylation sites is 1. The summed E-state index contributed by atoms with van der Waals surface area (Å²) in [7, 11) is -1.41. The van der Waals surface area contributed by atoms with Gasteiger partial charge in [-0.05, 0) is 37.1 Å². The molecule has 0 bridgehead atoms. The maximum Gasteiger partial charge on any atom is 0.367 e. The van der Waals surface area contributed by atoms with E-state index in [0.717, 1.165) is 5.69 Å². The summed E-state index contributed by atoms with van der Waals surface area (Å²) in [6, 6.07) is 14.5. The number of rotatable bonds is 9. The molecule has 0 aliphatic rings. The average Bonchev–Trinajstić information content (AvgIpc) is 3.14. The summed E-state index contributed by atoms with van der Waals surface area (Å²) >= 11 is 0. The number of fused-ring (bicyclic) bond motifs is 1. The molecular formula is C18H20N5O4P. The van der Waals surface area contributed by atoms with E-state index in [1.54, 1.807) is 28.8 Å². The number of anilines is 1. The number of nitrogens with two attached hydrogens (primary N) is 1. The number of aryl methyl sites for hydroxylation is 1. The Morgan fingerprint density at radius 3 is 2.79 bits per heavy atom. The van der Waals surface area contributed by atoms with Crippen molar-refractivity contribution in [2.75, 3.05) is 19.5 Å². The Morgan fingerprint density at radius 1 is 1.29 bits per heavy atom. The van der Waals surface area contributed by atoms with Gasteiger partial charge in [0.15, 0.2) is 11.4 Å². The summed E-state index contributed by atoms with van der Waals surface area (Å²) in [5, 5.41) is 13.8. The summed E-state index contributed by atoms with van der Waals surface area (Å²) in [6.07, 6.45) is 2.14. The van der Waals surface area contributed by atoms with E-state index in [9.17, 15) is 9.83 Å². The van der Waals surface area contributed by atoms with Crippen LogP contribution in [-0.2, 0) is 20.2 Å². The zero-order valence-electron chi connectivity index (χ0n) is 15.2. The number of aromatic nitrogens is 3. The standard InChI is InChI=1S/C18H20N5O4P/c1-25-18(11-19,12-26-28(24)27-15-5-3-2-4-6-15)10-9-14-7-8-16-17(20)21-13-22-23(14)16/h2-8,13,28H,9-10,12H2,1H3,(H2,20,21,22). The van der Waals surface area contributed by atoms with Crippen molar-refractivity contribution >= 4 is 19.6 Å². The molecule has 2 aromatic heterocycles. The Balaban J connectivity index is 1.64. The fraction of sp³-hybridized carbons (Fsp3) is 0.278. The monoisotopic (exact) mass is 401 g/mol. The first-order valence-electron chi connectivity index (χ1n) is 8.50. The van der Waals surface area contributed by atoms with Crippen molar-refractivity contribution in [1.29, 1.82) is 5.26 Å². The smallest absolute Gasteiger partial charge is 0.367 e. The normalized spacial score (nSPS) is 14.3. The summed E-state index contributed by atoms with van der Waals surface area (Å²) in [5.74, 6) is 0.808. The third-order valence-corrected chi connectivity index (χ3v) is 5.09. The molecule has 0 aliphatic heterocycles. The van der Waals surface area contributed by atoms with Gasteiger partial charge in [-0.15, -0.1) is 0 Å². The molecule has 10 heteroatoms. The van der Waals surface area contributed by atoms with Gasteiger partial charge in [-0.3, -0.25) is 4.52 Å². The lowest BCUT2D eigenvalue weighted by atomic mass is 9.99. The molecule has 0 aliphatic carbocycles. The van der Waals surface area contributed by atoms with Gasteiger partial charge in [0.25, 0.3) is 0 Å². The second-order valence-electron chi connectivity index (χ2n) is 6.03. The predicted octanol–water partition coefficient (Wildman–Crippen LogP) is 2.64. The molecule has 9 nitrogen and oxygen atoms in total. The molecular weight excluding hydrogens is 381 g/mol. The van der Waals surface area contributed by atoms with Crippen molar-refractivity contribution < 1.29 is 18.3 Å². The van der Waals surface area contributed by atoms with E-state index < -0.39 is 13.9 Å². The van der Waals surface area contributed by atoms with Crippen LogP contribution in [0.25, 0.3) is 5.52 Å². The van der Waals surface area contributed by atoms with Crippen molar-refractivity contribution in [3.63, 3.8) is 0 Å². The highest BCUT2D eigenvalue weighted by atomic mass is 31.1. The van der Waals surface area contributed by atoms with Crippen LogP contribution in [0.5, 0.6) is 5.75 Å². The summed E-state index contributed by atoms with van der Waals surface area (Å²) in [5.41, 5.74) is 6.09. The van der Waals surface area contributed by atoms with Crippen LogP contribution in [0.15, 0.2) is 48.8 Å². The van der Waals surface area contributed by atoms with E-state index in [1.165, 1.54) is 13.4 Å². The maximum absolute atomic E-state index is 12.1. The lowest BCUT2D eigenvalue weighted by molar-refractivity contribution is -0.00609. The van der Waals surface area contributed by atoms with E-state index >= 15 is 0 Å². The molecule has 0 spiro atoms. The van der Waals surface area contributed by atoms with E-state index in [4.69, 9.17) is 19.5 Å². The lowest BCUT2D eigenvalue weighted by Crippen LogP contribution is -2.35. The van der Waals surface area contributed by atoms with Gasteiger partial charge in [0.2, 0.25) is 0 Å². The van der Waals surface area contributed by atoms with Gasteiger partial charge in [0.05, 0.1) is 6.61 Å². The molecule has 2 atom stereocenters. The van der Waals surface area contributed by atoms with Gasteiger partial charge < -0.3 is 15.0 Å². The SMILES string of the molecule is COC(C#N)(CCc1ccc2c(N)ncnn12)CO[PH](=O)Oc1ccccc1. The van der Waals surface area contributed by atoms with E-state index in [-0.39, 0.29) is 6.61 Å². The molecule has 146 valence electrons. The van der Waals surface area contributed by atoms with Crippen LogP contribution < -0.4 is 10.3 Å². The molecule has 3 aromatic rings. The molecule has 0 saturated heterocycles. The minimum absolute atomic E-state index is 0.189. The van der Waals surface area contributed by atoms with Crippen molar-refractivity contribution in [2.24, 2.45) is 0 Å². The minimum Gasteiger partial charge on any atom is -0.426 e. The fourth-order valence-corrected chi connectivity index (χ4v) is 3.42. The van der Waals surface area contributed by atoms with Crippen LogP contribution >= 0.6 is 8.25 Å². The molecule has 2 heterocycles. The maximum atomic E-state index is 12.1. The molecule has 0 amide bonds. The molecule has 28 heavy (non-hydrogen) atoms. The van der Waals surface area contributed by atoms with Gasteiger partial charge in [0, 0.05) is 12.8 Å². The molecule has 0 fully saturated rings. The van der Waals surface area contributed by atoms with Crippen molar-refractivity contribution in [3.8, 4) is 11.8 Å². The van der Waals surface area contributed by atoms with Crippen LogP contribution in [0, 0.1) is 11.3 Å². The Morgan fingerprint density at radius 2 is 2.07 bits per heavy atom. The quantitative estimate of drug-likeness (QED) is 0.543. The topological polar surface area (TPSA) is 125 Å². The third kappa shape index (κ3) is 4.49. The summed E-state index contributed by atoms with van der Waals surface area (Å²) in [6.45, 7) is -0.189. The molecule has 2 N–H and O–H groups in total. The second kappa shape index (κ2) is 8.85. The molecule has 0 saturated carbocycles. The van der Waals surface area contributed by atoms with Crippen LogP contribution in [-0.4, -0.2) is 33.9 Å². The first-order valence-corrected chi connectivity index (χ1v) is 9.72. The van der Waals surface area contributed by atoms with E-state index in [0.29, 0.717) is 29.9 Å². The van der Waals surface area contributed by atoms with Gasteiger partial charge in [-0.2, -0.15) is 10.4 Å². The van der Waals surface area contributed by atoms with Crippen molar-refractivity contribution in [3.05, 3.63) is 54.5 Å². The Labute approximate surface area is 162 Å². The minimum atomic E-state index is -2.83. The van der Waals surface area contributed by atoms with Gasteiger partial charge in [-0.1, -0.05) is 18.2 Å². The van der Waals surface area contributed by atoms with E-state index in [2.05, 4.69) is 16.2 Å². The number of nitrogen functional groups attached to an aromatic ring is 1. The summed E-state index contributed by atoms with van der Waals surface area (Å²) < 4.78 is 29.7. The summed E-state index contributed by atoms with van der Waals surface area (Å²) in [4.78, 5) is 3.95. The van der Waals surface area contributed by atoms with Crippen LogP contribution in [0.3, 0.4) is 0 Å². The van der Waals surface area contributed by atoms with Crippen LogP contribution in [0.4, 0.5) is 5.82 Å². The zero-order valence-corrected chi connectivity index (χ0v) is 16.2. The number of nitriles is 1. The first kappa shape index (κ1) is 19.8. The van der Waals surface area contributed by atoms with Crippen molar-refractivity contribution in [2.45, 2.75) is 18.4 Å². The zero-order chi connectivity index (χ0) is 20.0. The number of ether oxygens (including phenoxy) is 1. The lowest BCUT2D eigenvalue weighted by Gasteiger charge is -2.24. The van der Waals surface area contributed by atoms with E-state index in [1.807, 2.05) is 18.2 Å².